The zero-order valence-electron chi connectivity index (χ0n) is 11.3. The van der Waals surface area contributed by atoms with Gasteiger partial charge >= 0.3 is 0 Å². The molecule has 3 heterocycles. The van der Waals surface area contributed by atoms with Gasteiger partial charge in [-0.3, -0.25) is 4.79 Å². The first-order valence-corrected chi connectivity index (χ1v) is 8.12. The zero-order chi connectivity index (χ0) is 14.7. The molecule has 0 saturated heterocycles. The first-order valence-electron chi connectivity index (χ1n) is 6.36. The third-order valence-electron chi connectivity index (χ3n) is 2.77. The molecule has 3 rings (SSSR count). The molecule has 21 heavy (non-hydrogen) atoms. The lowest BCUT2D eigenvalue weighted by molar-refractivity contribution is -0.120. The Morgan fingerprint density at radius 2 is 2.43 bits per heavy atom. The Labute approximate surface area is 129 Å². The van der Waals surface area contributed by atoms with Crippen LogP contribution in [0.3, 0.4) is 0 Å². The quantitative estimate of drug-likeness (QED) is 0.728. The molecule has 1 atom stereocenters. The predicted molar refractivity (Wildman–Crippen MR) is 82.3 cm³/mol. The van der Waals surface area contributed by atoms with Crippen molar-refractivity contribution in [3.8, 4) is 0 Å². The van der Waals surface area contributed by atoms with Gasteiger partial charge in [0.25, 0.3) is 5.78 Å². The summed E-state index contributed by atoms with van der Waals surface area (Å²) in [6.45, 7) is 2.40. The molecule has 0 radical (unpaired) electrons. The number of nitrogens with one attached hydrogen (secondary N) is 1. The molecule has 0 aliphatic rings. The normalized spacial score (nSPS) is 12.4. The highest BCUT2D eigenvalue weighted by Gasteiger charge is 2.17. The van der Waals surface area contributed by atoms with Crippen LogP contribution in [0.1, 0.15) is 11.8 Å². The van der Waals surface area contributed by atoms with Gasteiger partial charge in [-0.2, -0.15) is 4.98 Å². The maximum absolute atomic E-state index is 12.1. The van der Waals surface area contributed by atoms with Crippen LogP contribution in [-0.4, -0.2) is 30.7 Å². The number of hydrogen-bond acceptors (Lipinski definition) is 6. The SMILES string of the molecule is CC(Sc1nc2ncccn2n1)C(=O)NCc1cccs1. The van der Waals surface area contributed by atoms with Crippen LogP contribution in [0.25, 0.3) is 5.78 Å². The predicted octanol–water partition coefficient (Wildman–Crippen LogP) is 1.98. The second kappa shape index (κ2) is 6.23. The number of thiophene rings is 1. The molecule has 0 aliphatic carbocycles. The van der Waals surface area contributed by atoms with E-state index >= 15 is 0 Å². The molecule has 1 unspecified atom stereocenters. The van der Waals surface area contributed by atoms with Crippen molar-refractivity contribution in [1.82, 2.24) is 24.9 Å². The van der Waals surface area contributed by atoms with Crippen molar-refractivity contribution in [2.75, 3.05) is 0 Å². The average Bonchev–Trinajstić information content (AvgIpc) is 3.13. The summed E-state index contributed by atoms with van der Waals surface area (Å²) in [5.74, 6) is 0.506. The summed E-state index contributed by atoms with van der Waals surface area (Å²) in [7, 11) is 0. The molecule has 1 N–H and O–H groups in total. The fourth-order valence-corrected chi connectivity index (χ4v) is 3.13. The molecule has 1 amide bonds. The Morgan fingerprint density at radius 1 is 1.52 bits per heavy atom. The first kappa shape index (κ1) is 14.0. The van der Waals surface area contributed by atoms with Gasteiger partial charge in [-0.25, -0.2) is 9.50 Å². The van der Waals surface area contributed by atoms with Gasteiger partial charge in [-0.05, 0) is 24.4 Å². The molecular formula is C13H13N5OS2. The first-order chi connectivity index (χ1) is 10.2. The number of rotatable bonds is 5. The molecule has 8 heteroatoms. The summed E-state index contributed by atoms with van der Waals surface area (Å²) in [5, 5.41) is 9.46. The van der Waals surface area contributed by atoms with E-state index in [2.05, 4.69) is 20.4 Å². The Hall–Kier alpha value is -1.93. The van der Waals surface area contributed by atoms with E-state index < -0.39 is 0 Å². The molecule has 0 saturated carbocycles. The van der Waals surface area contributed by atoms with E-state index in [1.54, 1.807) is 34.3 Å². The van der Waals surface area contributed by atoms with Gasteiger partial charge in [-0.15, -0.1) is 16.4 Å². The van der Waals surface area contributed by atoms with E-state index in [1.807, 2.05) is 24.4 Å². The molecule has 0 fully saturated rings. The number of aromatic nitrogens is 4. The van der Waals surface area contributed by atoms with E-state index in [9.17, 15) is 4.79 Å². The molecule has 3 aromatic heterocycles. The molecule has 0 aliphatic heterocycles. The van der Waals surface area contributed by atoms with E-state index in [4.69, 9.17) is 0 Å². The molecule has 0 aromatic carbocycles. The van der Waals surface area contributed by atoms with E-state index in [1.165, 1.54) is 11.8 Å². The van der Waals surface area contributed by atoms with E-state index in [-0.39, 0.29) is 11.2 Å². The number of carbonyl (C=O) groups is 1. The minimum Gasteiger partial charge on any atom is -0.350 e. The average molecular weight is 319 g/mol. The molecule has 0 bridgehead atoms. The summed E-state index contributed by atoms with van der Waals surface area (Å²) in [5.41, 5.74) is 0. The second-order valence-electron chi connectivity index (χ2n) is 4.32. The summed E-state index contributed by atoms with van der Waals surface area (Å²) in [6.07, 6.45) is 3.44. The maximum Gasteiger partial charge on any atom is 0.253 e. The van der Waals surface area contributed by atoms with Crippen LogP contribution in [-0.2, 0) is 11.3 Å². The summed E-state index contributed by atoms with van der Waals surface area (Å²) in [6, 6.07) is 5.75. The minimum atomic E-state index is -0.262. The van der Waals surface area contributed by atoms with E-state index in [0.29, 0.717) is 17.5 Å². The van der Waals surface area contributed by atoms with Gasteiger partial charge in [-0.1, -0.05) is 17.8 Å². The Kier molecular flexibility index (Phi) is 4.16. The zero-order valence-corrected chi connectivity index (χ0v) is 12.9. The molecule has 0 spiro atoms. The van der Waals surface area contributed by atoms with Crippen LogP contribution in [0.2, 0.25) is 0 Å². The fourth-order valence-electron chi connectivity index (χ4n) is 1.71. The Balaban J connectivity index is 1.59. The van der Waals surface area contributed by atoms with E-state index in [0.717, 1.165) is 4.88 Å². The molecular weight excluding hydrogens is 306 g/mol. The third-order valence-corrected chi connectivity index (χ3v) is 4.59. The van der Waals surface area contributed by atoms with Crippen molar-refractivity contribution in [2.45, 2.75) is 23.9 Å². The van der Waals surface area contributed by atoms with Crippen LogP contribution in [0.15, 0.2) is 41.1 Å². The number of hydrogen-bond donors (Lipinski definition) is 1. The van der Waals surface area contributed by atoms with Crippen molar-refractivity contribution in [3.05, 3.63) is 40.8 Å². The highest BCUT2D eigenvalue weighted by molar-refractivity contribution is 8.00. The summed E-state index contributed by atoms with van der Waals surface area (Å²) in [4.78, 5) is 21.6. The third kappa shape index (κ3) is 3.40. The van der Waals surface area contributed by atoms with Crippen molar-refractivity contribution in [2.24, 2.45) is 0 Å². The Morgan fingerprint density at radius 3 is 3.19 bits per heavy atom. The summed E-state index contributed by atoms with van der Waals surface area (Å²) >= 11 is 2.95. The lowest BCUT2D eigenvalue weighted by Gasteiger charge is -2.08. The van der Waals surface area contributed by atoms with Crippen LogP contribution < -0.4 is 5.32 Å². The lowest BCUT2D eigenvalue weighted by Crippen LogP contribution is -2.30. The monoisotopic (exact) mass is 319 g/mol. The van der Waals surface area contributed by atoms with Gasteiger partial charge in [0, 0.05) is 17.3 Å². The maximum atomic E-state index is 12.1. The van der Waals surface area contributed by atoms with Crippen LogP contribution >= 0.6 is 23.1 Å². The second-order valence-corrected chi connectivity index (χ2v) is 6.66. The molecule has 108 valence electrons. The van der Waals surface area contributed by atoms with Crippen LogP contribution in [0, 0.1) is 0 Å². The lowest BCUT2D eigenvalue weighted by atomic mass is 10.4. The molecule has 6 nitrogen and oxygen atoms in total. The highest BCUT2D eigenvalue weighted by Crippen LogP contribution is 2.20. The van der Waals surface area contributed by atoms with Gasteiger partial charge < -0.3 is 5.32 Å². The van der Waals surface area contributed by atoms with Crippen molar-refractivity contribution in [1.29, 1.82) is 0 Å². The van der Waals surface area contributed by atoms with Gasteiger partial charge in [0.2, 0.25) is 11.1 Å². The number of nitrogens with zero attached hydrogens (tertiary/aromatic N) is 4. The fraction of sp³-hybridized carbons (Fsp3) is 0.231. The van der Waals surface area contributed by atoms with Crippen LogP contribution in [0.5, 0.6) is 0 Å². The van der Waals surface area contributed by atoms with Gasteiger partial charge in [0.1, 0.15) is 0 Å². The van der Waals surface area contributed by atoms with Gasteiger partial charge in [0.15, 0.2) is 0 Å². The van der Waals surface area contributed by atoms with Crippen molar-refractivity contribution < 1.29 is 4.79 Å². The topological polar surface area (TPSA) is 72.2 Å². The smallest absolute Gasteiger partial charge is 0.253 e. The standard InChI is InChI=1S/C13H13N5OS2/c1-9(11(19)15-8-10-4-2-7-20-10)21-13-16-12-14-5-3-6-18(12)17-13/h2-7,9H,8H2,1H3,(H,15,19). The van der Waals surface area contributed by atoms with Crippen LogP contribution in [0.4, 0.5) is 0 Å². The molecule has 3 aromatic rings. The van der Waals surface area contributed by atoms with Crippen molar-refractivity contribution >= 4 is 34.8 Å². The van der Waals surface area contributed by atoms with Crippen molar-refractivity contribution in [3.63, 3.8) is 0 Å². The number of amides is 1. The number of carbonyl (C=O) groups excluding carboxylic acids is 1. The largest absolute Gasteiger partial charge is 0.350 e. The summed E-state index contributed by atoms with van der Waals surface area (Å²) < 4.78 is 1.60. The number of fused-ring (bicyclic) bond motifs is 1. The van der Waals surface area contributed by atoms with Gasteiger partial charge in [0.05, 0.1) is 11.8 Å². The minimum absolute atomic E-state index is 0.0276. The Bertz CT molecular complexity index is 707. The highest BCUT2D eigenvalue weighted by atomic mass is 32.2. The number of thioether (sulfide) groups is 1.